The van der Waals surface area contributed by atoms with Crippen LogP contribution in [-0.2, 0) is 10.2 Å². The molecule has 2 bridgehead atoms. The van der Waals surface area contributed by atoms with Gasteiger partial charge in [0.25, 0.3) is 0 Å². The third kappa shape index (κ3) is 5.24. The third-order valence-electron chi connectivity index (χ3n) is 6.41. The Morgan fingerprint density at radius 1 is 1.19 bits per heavy atom. The van der Waals surface area contributed by atoms with Crippen molar-refractivity contribution in [3.05, 3.63) is 35.4 Å². The third-order valence-corrected chi connectivity index (χ3v) is 6.41. The molecule has 0 radical (unpaired) electrons. The average Bonchev–Trinajstić information content (AvgIpc) is 2.58. The maximum atomic E-state index is 12.6. The average molecular weight is 395 g/mol. The van der Waals surface area contributed by atoms with Crippen LogP contribution in [0, 0.1) is 17.8 Å². The van der Waals surface area contributed by atoms with Crippen LogP contribution in [0.15, 0.2) is 24.3 Å². The highest BCUT2D eigenvalue weighted by molar-refractivity contribution is 5.85. The van der Waals surface area contributed by atoms with Crippen LogP contribution >= 0.6 is 12.4 Å². The highest BCUT2D eigenvalue weighted by Crippen LogP contribution is 2.41. The van der Waals surface area contributed by atoms with Crippen molar-refractivity contribution in [1.29, 1.82) is 0 Å². The van der Waals surface area contributed by atoms with Gasteiger partial charge in [-0.1, -0.05) is 51.5 Å². The van der Waals surface area contributed by atoms with Gasteiger partial charge in [-0.05, 0) is 54.1 Å². The number of hydrogen-bond acceptors (Lipinski definition) is 3. The molecule has 2 fully saturated rings. The van der Waals surface area contributed by atoms with E-state index >= 15 is 0 Å². The molecule has 3 unspecified atom stereocenters. The van der Waals surface area contributed by atoms with Crippen LogP contribution in [-0.4, -0.2) is 23.6 Å². The van der Waals surface area contributed by atoms with Gasteiger partial charge < -0.3 is 16.2 Å². The van der Waals surface area contributed by atoms with Crippen LogP contribution in [0.2, 0.25) is 0 Å². The van der Waals surface area contributed by atoms with E-state index in [-0.39, 0.29) is 42.2 Å². The standard InChI is InChI=1S/C22H34N2O2.ClH/c1-22(2,3)18-9-7-14(8-10-18)19(25)13-24-21(26)17-11-15-5-4-6-16(12-17)20(15)23;/h7-10,15-17,19-20,25H,4-6,11-13,23H2,1-3H3,(H,24,26);1H. The van der Waals surface area contributed by atoms with E-state index in [1.165, 1.54) is 12.0 Å². The lowest BCUT2D eigenvalue weighted by atomic mass is 9.65. The van der Waals surface area contributed by atoms with Gasteiger partial charge in [0.1, 0.15) is 0 Å². The monoisotopic (exact) mass is 394 g/mol. The molecule has 4 nitrogen and oxygen atoms in total. The van der Waals surface area contributed by atoms with Crippen LogP contribution in [0.5, 0.6) is 0 Å². The fourth-order valence-electron chi connectivity index (χ4n) is 4.67. The number of nitrogens with two attached hydrogens (primary N) is 1. The summed E-state index contributed by atoms with van der Waals surface area (Å²) in [6.07, 6.45) is 4.70. The highest BCUT2D eigenvalue weighted by Gasteiger charge is 2.40. The molecule has 0 spiro atoms. The number of hydrogen-bond donors (Lipinski definition) is 3. The predicted octanol–water partition coefficient (Wildman–Crippen LogP) is 3.71. The van der Waals surface area contributed by atoms with E-state index in [4.69, 9.17) is 5.73 Å². The molecule has 5 heteroatoms. The van der Waals surface area contributed by atoms with E-state index in [1.54, 1.807) is 0 Å². The molecule has 2 aliphatic rings. The Hall–Kier alpha value is -1.10. The minimum atomic E-state index is -0.668. The first-order valence-corrected chi connectivity index (χ1v) is 10.1. The van der Waals surface area contributed by atoms with Gasteiger partial charge in [-0.25, -0.2) is 0 Å². The molecule has 2 saturated carbocycles. The molecule has 0 aliphatic heterocycles. The van der Waals surface area contributed by atoms with Gasteiger partial charge in [0.05, 0.1) is 6.10 Å². The first-order valence-electron chi connectivity index (χ1n) is 10.1. The lowest BCUT2D eigenvalue weighted by Crippen LogP contribution is -2.49. The Kier molecular flexibility index (Phi) is 7.34. The van der Waals surface area contributed by atoms with E-state index in [2.05, 4.69) is 38.2 Å². The first kappa shape index (κ1) is 22.2. The molecule has 0 aromatic heterocycles. The molecule has 3 rings (SSSR count). The minimum Gasteiger partial charge on any atom is -0.387 e. The van der Waals surface area contributed by atoms with Gasteiger partial charge in [0.2, 0.25) is 5.91 Å². The maximum absolute atomic E-state index is 12.6. The Morgan fingerprint density at radius 3 is 2.26 bits per heavy atom. The number of fused-ring (bicyclic) bond motifs is 2. The zero-order chi connectivity index (χ0) is 18.9. The second-order valence-corrected chi connectivity index (χ2v) is 9.33. The second kappa shape index (κ2) is 8.93. The fourth-order valence-corrected chi connectivity index (χ4v) is 4.67. The van der Waals surface area contributed by atoms with Crippen LogP contribution in [0.1, 0.15) is 70.1 Å². The van der Waals surface area contributed by atoms with Gasteiger partial charge in [0.15, 0.2) is 0 Å². The van der Waals surface area contributed by atoms with Crippen molar-refractivity contribution in [3.8, 4) is 0 Å². The van der Waals surface area contributed by atoms with Crippen molar-refractivity contribution in [2.75, 3.05) is 6.54 Å². The number of carbonyl (C=O) groups excluding carboxylic acids is 1. The molecule has 4 N–H and O–H groups in total. The largest absolute Gasteiger partial charge is 0.387 e. The molecule has 2 aliphatic carbocycles. The summed E-state index contributed by atoms with van der Waals surface area (Å²) >= 11 is 0. The summed E-state index contributed by atoms with van der Waals surface area (Å²) in [6.45, 7) is 6.78. The molecule has 152 valence electrons. The summed E-state index contributed by atoms with van der Waals surface area (Å²) in [5, 5.41) is 13.4. The topological polar surface area (TPSA) is 75.3 Å². The van der Waals surface area contributed by atoms with Crippen molar-refractivity contribution in [2.45, 2.75) is 70.4 Å². The Bertz CT molecular complexity index is 612. The van der Waals surface area contributed by atoms with Crippen molar-refractivity contribution >= 4 is 18.3 Å². The van der Waals surface area contributed by atoms with Crippen molar-refractivity contribution in [1.82, 2.24) is 5.32 Å². The number of rotatable bonds is 4. The van der Waals surface area contributed by atoms with Gasteiger partial charge >= 0.3 is 0 Å². The van der Waals surface area contributed by atoms with Crippen LogP contribution in [0.3, 0.4) is 0 Å². The minimum absolute atomic E-state index is 0. The summed E-state index contributed by atoms with van der Waals surface area (Å²) in [5.41, 5.74) is 8.50. The zero-order valence-corrected chi connectivity index (χ0v) is 17.6. The summed E-state index contributed by atoms with van der Waals surface area (Å²) in [7, 11) is 0. The number of nitrogens with one attached hydrogen (secondary N) is 1. The molecule has 0 saturated heterocycles. The Balaban J connectivity index is 0.00000261. The molecular formula is C22H35ClN2O2. The fraction of sp³-hybridized carbons (Fsp3) is 0.682. The quantitative estimate of drug-likeness (QED) is 0.728. The lowest BCUT2D eigenvalue weighted by Gasteiger charge is -2.43. The van der Waals surface area contributed by atoms with E-state index in [1.807, 2.05) is 12.1 Å². The zero-order valence-electron chi connectivity index (χ0n) is 16.8. The Labute approximate surface area is 169 Å². The predicted molar refractivity (Wildman–Crippen MR) is 112 cm³/mol. The van der Waals surface area contributed by atoms with Crippen LogP contribution < -0.4 is 11.1 Å². The molecule has 1 aromatic carbocycles. The van der Waals surface area contributed by atoms with E-state index < -0.39 is 6.10 Å². The maximum Gasteiger partial charge on any atom is 0.223 e. The van der Waals surface area contributed by atoms with E-state index in [0.29, 0.717) is 11.8 Å². The van der Waals surface area contributed by atoms with E-state index in [0.717, 1.165) is 31.2 Å². The number of carbonyl (C=O) groups is 1. The van der Waals surface area contributed by atoms with Gasteiger partial charge in [-0.2, -0.15) is 0 Å². The SMILES string of the molecule is CC(C)(C)c1ccc(C(O)CNC(=O)C2CC3CCCC(C2)C3N)cc1.Cl. The normalized spacial score (nSPS) is 28.8. The van der Waals surface area contributed by atoms with Gasteiger partial charge in [0, 0.05) is 18.5 Å². The molecule has 1 amide bonds. The van der Waals surface area contributed by atoms with Crippen molar-refractivity contribution in [2.24, 2.45) is 23.5 Å². The number of aliphatic hydroxyl groups excluding tert-OH is 1. The number of halogens is 1. The molecule has 27 heavy (non-hydrogen) atoms. The van der Waals surface area contributed by atoms with Crippen molar-refractivity contribution in [3.63, 3.8) is 0 Å². The van der Waals surface area contributed by atoms with E-state index in [9.17, 15) is 9.90 Å². The Morgan fingerprint density at radius 2 is 1.74 bits per heavy atom. The highest BCUT2D eigenvalue weighted by atomic mass is 35.5. The molecular weight excluding hydrogens is 360 g/mol. The first-order chi connectivity index (χ1) is 12.3. The second-order valence-electron chi connectivity index (χ2n) is 9.33. The van der Waals surface area contributed by atoms with Gasteiger partial charge in [-0.15, -0.1) is 12.4 Å². The number of benzene rings is 1. The summed E-state index contributed by atoms with van der Waals surface area (Å²) < 4.78 is 0. The van der Waals surface area contributed by atoms with Crippen LogP contribution in [0.4, 0.5) is 0 Å². The number of amides is 1. The summed E-state index contributed by atoms with van der Waals surface area (Å²) in [4.78, 5) is 12.6. The molecule has 0 heterocycles. The van der Waals surface area contributed by atoms with Crippen LogP contribution in [0.25, 0.3) is 0 Å². The smallest absolute Gasteiger partial charge is 0.223 e. The summed E-state index contributed by atoms with van der Waals surface area (Å²) in [5.74, 6) is 1.13. The molecule has 3 atom stereocenters. The number of aliphatic hydroxyl groups is 1. The molecule has 1 aromatic rings. The summed E-state index contributed by atoms with van der Waals surface area (Å²) in [6, 6.07) is 8.32. The lowest BCUT2D eigenvalue weighted by molar-refractivity contribution is -0.128. The van der Waals surface area contributed by atoms with Gasteiger partial charge in [-0.3, -0.25) is 4.79 Å². The van der Waals surface area contributed by atoms with Crippen molar-refractivity contribution < 1.29 is 9.90 Å².